The van der Waals surface area contributed by atoms with E-state index in [0.29, 0.717) is 6.04 Å². The maximum Gasteiger partial charge on any atom is 0.124 e. The molecule has 3 nitrogen and oxygen atoms in total. The van der Waals surface area contributed by atoms with Gasteiger partial charge >= 0.3 is 0 Å². The highest BCUT2D eigenvalue weighted by atomic mass is 32.2. The molecule has 0 spiro atoms. The van der Waals surface area contributed by atoms with E-state index in [0.717, 1.165) is 38.2 Å². The van der Waals surface area contributed by atoms with Crippen LogP contribution in [0.4, 0.5) is 0 Å². The summed E-state index contributed by atoms with van der Waals surface area (Å²) < 4.78 is 17.3. The highest BCUT2D eigenvalue weighted by Gasteiger charge is 2.20. The summed E-state index contributed by atoms with van der Waals surface area (Å²) in [4.78, 5) is 0. The van der Waals surface area contributed by atoms with Gasteiger partial charge in [0, 0.05) is 33.9 Å². The molecule has 1 aliphatic heterocycles. The van der Waals surface area contributed by atoms with E-state index in [9.17, 15) is 4.21 Å². The lowest BCUT2D eigenvalue weighted by Gasteiger charge is -2.20. The van der Waals surface area contributed by atoms with Gasteiger partial charge in [0.1, 0.15) is 5.75 Å². The number of ether oxygens (including phenoxy) is 1. The van der Waals surface area contributed by atoms with Gasteiger partial charge in [0.05, 0.1) is 6.61 Å². The Morgan fingerprint density at radius 1 is 1.38 bits per heavy atom. The SMILES string of the molecule is Cc1cc2c(cc1C)[C@H](NCC[C@@H](C)[S@](C)=O)CCCO2. The molecule has 1 heterocycles. The molecule has 0 unspecified atom stereocenters. The van der Waals surface area contributed by atoms with Crippen molar-refractivity contribution in [2.45, 2.75) is 51.3 Å². The van der Waals surface area contributed by atoms with Crippen LogP contribution >= 0.6 is 0 Å². The quantitative estimate of drug-likeness (QED) is 0.907. The molecular formula is C17H27NO2S. The standard InChI is InChI=1S/C17H27NO2S/c1-12-10-15-16(18-8-7-14(3)21(4)19)6-5-9-20-17(15)11-13(12)2/h10-11,14,16,18H,5-9H2,1-4H3/t14-,16-,21+/m1/s1. The third-order valence-electron chi connectivity index (χ3n) is 4.40. The molecule has 0 aliphatic carbocycles. The van der Waals surface area contributed by atoms with Crippen LogP contribution in [0.15, 0.2) is 12.1 Å². The number of fused-ring (bicyclic) bond motifs is 1. The van der Waals surface area contributed by atoms with Crippen LogP contribution < -0.4 is 10.1 Å². The Morgan fingerprint density at radius 3 is 2.81 bits per heavy atom. The number of nitrogens with one attached hydrogen (secondary N) is 1. The molecule has 21 heavy (non-hydrogen) atoms. The molecule has 4 heteroatoms. The molecule has 0 radical (unpaired) electrons. The lowest BCUT2D eigenvalue weighted by atomic mass is 9.97. The van der Waals surface area contributed by atoms with Crippen LogP contribution in [0.3, 0.4) is 0 Å². The Balaban J connectivity index is 2.07. The van der Waals surface area contributed by atoms with Crippen molar-refractivity contribution in [2.75, 3.05) is 19.4 Å². The topological polar surface area (TPSA) is 38.3 Å². The molecular weight excluding hydrogens is 282 g/mol. The van der Waals surface area contributed by atoms with Gasteiger partial charge in [0.15, 0.2) is 0 Å². The Labute approximate surface area is 130 Å². The number of hydrogen-bond donors (Lipinski definition) is 1. The van der Waals surface area contributed by atoms with Crippen molar-refractivity contribution < 1.29 is 8.95 Å². The van der Waals surface area contributed by atoms with Crippen molar-refractivity contribution >= 4 is 10.8 Å². The summed E-state index contributed by atoms with van der Waals surface area (Å²) in [5.41, 5.74) is 3.87. The molecule has 0 saturated heterocycles. The van der Waals surface area contributed by atoms with Crippen LogP contribution in [0, 0.1) is 13.8 Å². The van der Waals surface area contributed by atoms with E-state index in [1.54, 1.807) is 6.26 Å². The van der Waals surface area contributed by atoms with Crippen LogP contribution in [-0.4, -0.2) is 28.9 Å². The third-order valence-corrected chi connectivity index (χ3v) is 5.77. The Kier molecular flexibility index (Phi) is 5.82. The molecule has 0 saturated carbocycles. The summed E-state index contributed by atoms with van der Waals surface area (Å²) >= 11 is 0. The van der Waals surface area contributed by atoms with E-state index in [1.165, 1.54) is 16.7 Å². The minimum absolute atomic E-state index is 0.249. The summed E-state index contributed by atoms with van der Waals surface area (Å²) in [5, 5.41) is 3.88. The minimum atomic E-state index is -0.737. The molecule has 3 atom stereocenters. The third kappa shape index (κ3) is 4.30. The van der Waals surface area contributed by atoms with E-state index in [-0.39, 0.29) is 5.25 Å². The van der Waals surface area contributed by atoms with Crippen LogP contribution in [0.1, 0.15) is 48.9 Å². The predicted octanol–water partition coefficient (Wildman–Crippen LogP) is 3.26. The molecule has 1 aromatic carbocycles. The molecule has 118 valence electrons. The summed E-state index contributed by atoms with van der Waals surface area (Å²) in [7, 11) is -0.737. The fourth-order valence-electron chi connectivity index (χ4n) is 2.67. The first kappa shape index (κ1) is 16.5. The fraction of sp³-hybridized carbons (Fsp3) is 0.647. The zero-order valence-corrected chi connectivity index (χ0v) is 14.4. The van der Waals surface area contributed by atoms with Crippen molar-refractivity contribution in [2.24, 2.45) is 0 Å². The van der Waals surface area contributed by atoms with Crippen molar-refractivity contribution in [3.05, 3.63) is 28.8 Å². The maximum atomic E-state index is 11.4. The van der Waals surface area contributed by atoms with E-state index >= 15 is 0 Å². The average molecular weight is 309 g/mol. The largest absolute Gasteiger partial charge is 0.493 e. The summed E-state index contributed by atoms with van der Waals surface area (Å²) in [6, 6.07) is 4.77. The molecule has 0 bridgehead atoms. The molecule has 1 aromatic rings. The van der Waals surface area contributed by atoms with Gasteiger partial charge in [-0.05, 0) is 56.8 Å². The van der Waals surface area contributed by atoms with Crippen molar-refractivity contribution in [3.63, 3.8) is 0 Å². The Morgan fingerprint density at radius 2 is 2.10 bits per heavy atom. The first-order valence-electron chi connectivity index (χ1n) is 7.78. The number of rotatable bonds is 5. The van der Waals surface area contributed by atoms with Gasteiger partial charge in [-0.1, -0.05) is 13.0 Å². The minimum Gasteiger partial charge on any atom is -0.493 e. The molecule has 2 rings (SSSR count). The number of benzene rings is 1. The van der Waals surface area contributed by atoms with Crippen LogP contribution in [0.5, 0.6) is 5.75 Å². The van der Waals surface area contributed by atoms with E-state index in [1.807, 2.05) is 0 Å². The summed E-state index contributed by atoms with van der Waals surface area (Å²) in [5.74, 6) is 1.03. The normalized spacial score (nSPS) is 21.0. The molecule has 0 aromatic heterocycles. The smallest absolute Gasteiger partial charge is 0.124 e. The maximum absolute atomic E-state index is 11.4. The van der Waals surface area contributed by atoms with Crippen molar-refractivity contribution in [1.29, 1.82) is 0 Å². The van der Waals surface area contributed by atoms with E-state index < -0.39 is 10.8 Å². The molecule has 1 N–H and O–H groups in total. The average Bonchev–Trinajstić information content (AvgIpc) is 2.62. The van der Waals surface area contributed by atoms with Crippen molar-refractivity contribution in [3.8, 4) is 5.75 Å². The number of aryl methyl sites for hydroxylation is 2. The monoisotopic (exact) mass is 309 g/mol. The Hall–Kier alpha value is -0.870. The van der Waals surface area contributed by atoms with Crippen LogP contribution in [0.2, 0.25) is 0 Å². The number of hydrogen-bond acceptors (Lipinski definition) is 3. The van der Waals surface area contributed by atoms with Gasteiger partial charge in [-0.2, -0.15) is 0 Å². The highest BCUT2D eigenvalue weighted by molar-refractivity contribution is 7.84. The van der Waals surface area contributed by atoms with Gasteiger partial charge in [-0.25, -0.2) is 0 Å². The van der Waals surface area contributed by atoms with Gasteiger partial charge in [-0.3, -0.25) is 4.21 Å². The lowest BCUT2D eigenvalue weighted by Crippen LogP contribution is -2.25. The van der Waals surface area contributed by atoms with Gasteiger partial charge < -0.3 is 10.1 Å². The highest BCUT2D eigenvalue weighted by Crippen LogP contribution is 2.33. The van der Waals surface area contributed by atoms with Gasteiger partial charge in [0.2, 0.25) is 0 Å². The second kappa shape index (κ2) is 7.41. The molecule has 0 amide bonds. The summed E-state index contributed by atoms with van der Waals surface area (Å²) in [6.07, 6.45) is 4.89. The second-order valence-electron chi connectivity index (χ2n) is 6.07. The van der Waals surface area contributed by atoms with Crippen LogP contribution in [0.25, 0.3) is 0 Å². The van der Waals surface area contributed by atoms with Gasteiger partial charge in [-0.15, -0.1) is 0 Å². The van der Waals surface area contributed by atoms with Crippen molar-refractivity contribution in [1.82, 2.24) is 5.32 Å². The zero-order valence-electron chi connectivity index (χ0n) is 13.6. The molecule has 1 aliphatic rings. The molecule has 0 fully saturated rings. The lowest BCUT2D eigenvalue weighted by molar-refractivity contribution is 0.315. The predicted molar refractivity (Wildman–Crippen MR) is 89.5 cm³/mol. The first-order valence-corrected chi connectivity index (χ1v) is 9.40. The van der Waals surface area contributed by atoms with Gasteiger partial charge in [0.25, 0.3) is 0 Å². The fourth-order valence-corrected chi connectivity index (χ4v) is 3.12. The van der Waals surface area contributed by atoms with Crippen LogP contribution in [-0.2, 0) is 10.8 Å². The second-order valence-corrected chi connectivity index (χ2v) is 7.87. The first-order chi connectivity index (χ1) is 9.99. The Bertz CT molecular complexity index is 516. The zero-order chi connectivity index (χ0) is 15.4. The van der Waals surface area contributed by atoms with E-state index in [4.69, 9.17) is 4.74 Å². The summed E-state index contributed by atoms with van der Waals surface area (Å²) in [6.45, 7) is 8.03. The van der Waals surface area contributed by atoms with E-state index in [2.05, 4.69) is 38.2 Å².